The van der Waals surface area contributed by atoms with Gasteiger partial charge in [0.2, 0.25) is 0 Å². The fourth-order valence-corrected chi connectivity index (χ4v) is 6.44. The zero-order chi connectivity index (χ0) is 14.7. The molecule has 0 aliphatic heterocycles. The maximum atomic E-state index is 5.45. The molecule has 116 valence electrons. The van der Waals surface area contributed by atoms with E-state index in [2.05, 4.69) is 31.2 Å². The molecular weight excluding hydrogens is 262 g/mol. The Hall–Kier alpha value is -1.06. The van der Waals surface area contributed by atoms with Crippen molar-refractivity contribution in [3.63, 3.8) is 0 Å². The minimum Gasteiger partial charge on any atom is -0.338 e. The first-order valence-electron chi connectivity index (χ1n) is 8.52. The smallest absolute Gasteiger partial charge is 0.321 e. The van der Waals surface area contributed by atoms with Crippen molar-refractivity contribution in [1.29, 1.82) is 0 Å². The fraction of sp³-hybridized carbons (Fsp3) is 0.882. The van der Waals surface area contributed by atoms with Crippen LogP contribution in [0.2, 0.25) is 0 Å². The minimum absolute atomic E-state index is 0.179. The first-order valence-corrected chi connectivity index (χ1v) is 8.52. The molecule has 0 saturated heterocycles. The third kappa shape index (κ3) is 2.09. The van der Waals surface area contributed by atoms with Crippen LogP contribution in [-0.2, 0) is 5.41 Å². The van der Waals surface area contributed by atoms with E-state index in [1.165, 1.54) is 38.5 Å². The molecule has 2 atom stereocenters. The highest BCUT2D eigenvalue weighted by atomic mass is 16.5. The molecule has 0 radical (unpaired) electrons. The summed E-state index contributed by atoms with van der Waals surface area (Å²) in [6.45, 7) is 8.01. The van der Waals surface area contributed by atoms with Gasteiger partial charge in [0.25, 0.3) is 0 Å². The van der Waals surface area contributed by atoms with Crippen LogP contribution in [0.5, 0.6) is 0 Å². The molecule has 4 saturated carbocycles. The van der Waals surface area contributed by atoms with Gasteiger partial charge in [-0.05, 0) is 61.7 Å². The van der Waals surface area contributed by atoms with Gasteiger partial charge in [-0.1, -0.05) is 25.9 Å². The van der Waals surface area contributed by atoms with E-state index in [4.69, 9.17) is 9.51 Å². The van der Waals surface area contributed by atoms with Crippen LogP contribution in [0.1, 0.15) is 71.5 Å². The number of anilines is 1. The van der Waals surface area contributed by atoms with Crippen LogP contribution < -0.4 is 5.32 Å². The molecule has 21 heavy (non-hydrogen) atoms. The van der Waals surface area contributed by atoms with E-state index in [0.717, 1.165) is 24.7 Å². The Kier molecular flexibility index (Phi) is 2.74. The van der Waals surface area contributed by atoms with E-state index in [9.17, 15) is 0 Å². The van der Waals surface area contributed by atoms with E-state index in [1.54, 1.807) is 0 Å². The largest absolute Gasteiger partial charge is 0.338 e. The Morgan fingerprint density at radius 2 is 1.86 bits per heavy atom. The summed E-state index contributed by atoms with van der Waals surface area (Å²) in [5, 5.41) is 7.60. The minimum atomic E-state index is 0.179. The second kappa shape index (κ2) is 4.23. The van der Waals surface area contributed by atoms with Gasteiger partial charge in [-0.3, -0.25) is 0 Å². The van der Waals surface area contributed by atoms with E-state index < -0.39 is 0 Å². The molecule has 1 N–H and O–H groups in total. The molecule has 1 aromatic heterocycles. The predicted molar refractivity (Wildman–Crippen MR) is 82.2 cm³/mol. The predicted octanol–water partition coefficient (Wildman–Crippen LogP) is 4.14. The highest BCUT2D eigenvalue weighted by molar-refractivity contribution is 5.26. The van der Waals surface area contributed by atoms with Crippen molar-refractivity contribution in [3.8, 4) is 0 Å². The Morgan fingerprint density at radius 1 is 1.14 bits per heavy atom. The molecule has 4 nitrogen and oxygen atoms in total. The quantitative estimate of drug-likeness (QED) is 0.905. The SMILES string of the molecule is CCCNc1nc(C23CC4CC(C)(CC(C)(C4)C2)C3)no1. The van der Waals surface area contributed by atoms with Gasteiger partial charge in [-0.15, -0.1) is 0 Å². The lowest BCUT2D eigenvalue weighted by Crippen LogP contribution is -2.57. The van der Waals surface area contributed by atoms with E-state index in [0.29, 0.717) is 16.8 Å². The molecule has 1 heterocycles. The summed E-state index contributed by atoms with van der Waals surface area (Å²) in [5.41, 5.74) is 1.16. The van der Waals surface area contributed by atoms with Crippen LogP contribution in [0.15, 0.2) is 4.52 Å². The second-order valence-electron chi connectivity index (χ2n) is 8.76. The normalized spacial score (nSPS) is 44.2. The molecule has 4 aliphatic carbocycles. The maximum absolute atomic E-state index is 5.45. The van der Waals surface area contributed by atoms with Crippen molar-refractivity contribution >= 4 is 6.01 Å². The third-order valence-electron chi connectivity index (χ3n) is 6.05. The average Bonchev–Trinajstić information content (AvgIpc) is 2.81. The van der Waals surface area contributed by atoms with Crippen molar-refractivity contribution < 1.29 is 4.52 Å². The highest BCUT2D eigenvalue weighted by Crippen LogP contribution is 2.69. The number of hydrogen-bond donors (Lipinski definition) is 1. The van der Waals surface area contributed by atoms with Gasteiger partial charge < -0.3 is 9.84 Å². The molecule has 5 rings (SSSR count). The van der Waals surface area contributed by atoms with Crippen molar-refractivity contribution in [2.75, 3.05) is 11.9 Å². The van der Waals surface area contributed by atoms with Crippen LogP contribution in [0, 0.1) is 16.7 Å². The van der Waals surface area contributed by atoms with Gasteiger partial charge in [-0.25, -0.2) is 0 Å². The van der Waals surface area contributed by atoms with E-state index in [-0.39, 0.29) is 5.41 Å². The Bertz CT molecular complexity index is 534. The first-order chi connectivity index (χ1) is 9.94. The van der Waals surface area contributed by atoms with Crippen molar-refractivity contribution in [1.82, 2.24) is 10.1 Å². The lowest BCUT2D eigenvalue weighted by molar-refractivity contribution is -0.113. The molecule has 1 aromatic rings. The van der Waals surface area contributed by atoms with Crippen LogP contribution >= 0.6 is 0 Å². The summed E-state index contributed by atoms with van der Waals surface area (Å²) >= 11 is 0. The summed E-state index contributed by atoms with van der Waals surface area (Å²) in [7, 11) is 0. The van der Waals surface area contributed by atoms with Gasteiger partial charge in [0.15, 0.2) is 5.82 Å². The highest BCUT2D eigenvalue weighted by Gasteiger charge is 2.62. The number of rotatable bonds is 4. The standard InChI is InChI=1S/C17H27N3O/c1-4-5-18-14-19-13(20-21-14)17-8-12-6-15(2,10-17)9-16(3,7-12)11-17/h12H,4-11H2,1-3H3,(H,18,19,20). The Balaban J connectivity index is 1.66. The molecule has 4 aliphatic rings. The fourth-order valence-electron chi connectivity index (χ4n) is 6.44. The first kappa shape index (κ1) is 13.6. The molecule has 0 spiro atoms. The maximum Gasteiger partial charge on any atom is 0.321 e. The van der Waals surface area contributed by atoms with Crippen molar-refractivity contribution in [2.24, 2.45) is 16.7 Å². The summed E-state index contributed by atoms with van der Waals surface area (Å²) in [6.07, 6.45) is 9.03. The molecule has 0 amide bonds. The van der Waals surface area contributed by atoms with Gasteiger partial charge in [0, 0.05) is 12.0 Å². The molecule has 0 aromatic carbocycles. The lowest BCUT2D eigenvalue weighted by Gasteiger charge is -2.64. The van der Waals surface area contributed by atoms with Gasteiger partial charge in [-0.2, -0.15) is 4.98 Å². The summed E-state index contributed by atoms with van der Waals surface area (Å²) in [6, 6.07) is 0.609. The van der Waals surface area contributed by atoms with E-state index in [1.807, 2.05) is 0 Å². The monoisotopic (exact) mass is 289 g/mol. The van der Waals surface area contributed by atoms with Crippen LogP contribution in [0.3, 0.4) is 0 Å². The summed E-state index contributed by atoms with van der Waals surface area (Å²) in [4.78, 5) is 4.71. The van der Waals surface area contributed by atoms with Gasteiger partial charge >= 0.3 is 6.01 Å². The Morgan fingerprint density at radius 3 is 2.48 bits per heavy atom. The molecular formula is C17H27N3O. The van der Waals surface area contributed by atoms with Crippen LogP contribution in [0.25, 0.3) is 0 Å². The Labute approximate surface area is 127 Å². The van der Waals surface area contributed by atoms with E-state index >= 15 is 0 Å². The zero-order valence-corrected chi connectivity index (χ0v) is 13.5. The zero-order valence-electron chi connectivity index (χ0n) is 13.5. The van der Waals surface area contributed by atoms with Crippen LogP contribution in [-0.4, -0.2) is 16.7 Å². The number of aromatic nitrogens is 2. The molecule has 2 unspecified atom stereocenters. The number of nitrogens with one attached hydrogen (secondary N) is 1. The van der Waals surface area contributed by atoms with Gasteiger partial charge in [0.05, 0.1) is 0 Å². The lowest BCUT2D eigenvalue weighted by atomic mass is 9.40. The summed E-state index contributed by atoms with van der Waals surface area (Å²) in [5.74, 6) is 1.84. The average molecular weight is 289 g/mol. The molecule has 4 heteroatoms. The van der Waals surface area contributed by atoms with Crippen LogP contribution in [0.4, 0.5) is 6.01 Å². The van der Waals surface area contributed by atoms with Gasteiger partial charge in [0.1, 0.15) is 0 Å². The number of nitrogens with zero attached hydrogens (tertiary/aromatic N) is 2. The molecule has 4 fully saturated rings. The summed E-state index contributed by atoms with van der Waals surface area (Å²) < 4.78 is 5.45. The van der Waals surface area contributed by atoms with Crippen molar-refractivity contribution in [2.45, 2.75) is 71.1 Å². The third-order valence-corrected chi connectivity index (χ3v) is 6.05. The topological polar surface area (TPSA) is 51.0 Å². The number of hydrogen-bond acceptors (Lipinski definition) is 4. The second-order valence-corrected chi connectivity index (χ2v) is 8.76. The van der Waals surface area contributed by atoms with Crippen molar-refractivity contribution in [3.05, 3.63) is 5.82 Å². The molecule has 4 bridgehead atoms.